The molecule has 5 heterocycles. The number of nitrogens with zero attached hydrogens (tertiary/aromatic N) is 6. The van der Waals surface area contributed by atoms with Gasteiger partial charge in [0.15, 0.2) is 0 Å². The Morgan fingerprint density at radius 2 is 1.82 bits per heavy atom. The van der Waals surface area contributed by atoms with Crippen molar-refractivity contribution in [2.24, 2.45) is 11.3 Å². The van der Waals surface area contributed by atoms with Gasteiger partial charge in [-0.1, -0.05) is 39.8 Å². The van der Waals surface area contributed by atoms with E-state index in [4.69, 9.17) is 19.2 Å². The van der Waals surface area contributed by atoms with Crippen molar-refractivity contribution in [1.29, 1.82) is 0 Å². The topological polar surface area (TPSA) is 205 Å². The molecule has 0 aliphatic carbocycles. The Morgan fingerprint density at radius 3 is 2.53 bits per heavy atom. The third-order valence-electron chi connectivity index (χ3n) is 14.0. The molecule has 72 heavy (non-hydrogen) atoms. The van der Waals surface area contributed by atoms with E-state index >= 15 is 0 Å². The predicted molar refractivity (Wildman–Crippen MR) is 271 cm³/mol. The number of carbonyl (C=O) groups is 6. The van der Waals surface area contributed by atoms with Crippen LogP contribution in [0.25, 0.3) is 33.3 Å². The second kappa shape index (κ2) is 22.6. The number of benzene rings is 2. The first-order valence-electron chi connectivity index (χ1n) is 25.1. The molecule has 1 unspecified atom stereocenters. The minimum atomic E-state index is -1.21. The minimum absolute atomic E-state index is 0.0319. The third-order valence-corrected chi connectivity index (χ3v) is 14.0. The van der Waals surface area contributed by atoms with Crippen molar-refractivity contribution >= 4 is 46.5 Å². The fourth-order valence-corrected chi connectivity index (χ4v) is 10.2. The zero-order valence-electron chi connectivity index (χ0n) is 43.5. The molecular weight excluding hydrogens is 921 g/mol. The van der Waals surface area contributed by atoms with E-state index in [0.29, 0.717) is 56.4 Å². The molecule has 0 spiro atoms. The number of esters is 2. The van der Waals surface area contributed by atoms with Crippen LogP contribution in [0, 0.1) is 11.3 Å². The smallest absolute Gasteiger partial charge is 0.324 e. The summed E-state index contributed by atoms with van der Waals surface area (Å²) in [4.78, 5) is 91.0. The molecule has 4 amide bonds. The lowest BCUT2D eigenvalue weighted by molar-refractivity contribution is -0.155. The number of aromatic nitrogens is 2. The van der Waals surface area contributed by atoms with E-state index < -0.39 is 53.1 Å². The highest BCUT2D eigenvalue weighted by Gasteiger charge is 2.43. The lowest BCUT2D eigenvalue weighted by Crippen LogP contribution is -2.62. The average Bonchev–Trinajstić information content (AvgIpc) is 4.06. The number of hydrazine groups is 1. The summed E-state index contributed by atoms with van der Waals surface area (Å²) in [6.45, 7) is 15.2. The van der Waals surface area contributed by atoms with Crippen LogP contribution in [0.5, 0.6) is 5.75 Å². The SMILES string of the molecule is CCn1c(-c2cccnc2[C@H](C)OC)c2c3cc(ccc31)-c1cc(O)cc(c1)C[C@H](NC(=O)[C@H](C(C)C)N(C)C(=O)CN(C)C(=O)[C@H]1CN1CCCOC(C)=O)C(=O)N1CCC[C@H](N1)C(=O)OCC(C)(C)C2. The summed E-state index contributed by atoms with van der Waals surface area (Å²) in [5.74, 6) is -3.10. The quantitative estimate of drug-likeness (QED) is 0.0814. The van der Waals surface area contributed by atoms with Crippen molar-refractivity contribution in [2.75, 3.05) is 60.6 Å². The van der Waals surface area contributed by atoms with Gasteiger partial charge >= 0.3 is 11.9 Å². The number of ether oxygens (including phenoxy) is 3. The molecule has 4 aromatic rings. The summed E-state index contributed by atoms with van der Waals surface area (Å²) in [7, 11) is 4.72. The number of phenolic OH excluding ortho intramolecular Hbond substituents is 1. The van der Waals surface area contributed by atoms with Gasteiger partial charge in [0.25, 0.3) is 5.91 Å². The summed E-state index contributed by atoms with van der Waals surface area (Å²) in [6, 6.07) is 11.9. The molecular formula is C54H72N8O10. The summed E-state index contributed by atoms with van der Waals surface area (Å²) in [5, 5.41) is 16.7. The van der Waals surface area contributed by atoms with Crippen molar-refractivity contribution in [3.63, 3.8) is 0 Å². The first-order chi connectivity index (χ1) is 34.2. The first kappa shape index (κ1) is 53.4. The van der Waals surface area contributed by atoms with Crippen molar-refractivity contribution in [1.82, 2.24) is 40.0 Å². The number of carbonyl (C=O) groups excluding carboxylic acids is 6. The van der Waals surface area contributed by atoms with Gasteiger partial charge in [0.1, 0.15) is 29.9 Å². The zero-order valence-corrected chi connectivity index (χ0v) is 43.5. The number of aromatic hydroxyl groups is 1. The number of hydrogen-bond acceptors (Lipinski definition) is 13. The van der Waals surface area contributed by atoms with Gasteiger partial charge in [0, 0.05) is 88.8 Å². The maximum atomic E-state index is 14.8. The van der Waals surface area contributed by atoms with Gasteiger partial charge in [-0.05, 0) is 104 Å². The Morgan fingerprint density at radius 1 is 1.06 bits per heavy atom. The van der Waals surface area contributed by atoms with Gasteiger partial charge < -0.3 is 39.0 Å². The molecule has 18 heteroatoms. The van der Waals surface area contributed by atoms with E-state index in [9.17, 15) is 33.9 Å². The van der Waals surface area contributed by atoms with E-state index in [1.807, 2.05) is 30.0 Å². The van der Waals surface area contributed by atoms with Crippen LogP contribution in [0.15, 0.2) is 54.7 Å². The molecule has 6 atom stereocenters. The second-order valence-corrected chi connectivity index (χ2v) is 20.6. The molecule has 388 valence electrons. The van der Waals surface area contributed by atoms with Crippen LogP contribution < -0.4 is 10.7 Å². The molecule has 0 saturated carbocycles. The summed E-state index contributed by atoms with van der Waals surface area (Å²) < 4.78 is 19.2. The molecule has 6 bridgehead atoms. The van der Waals surface area contributed by atoms with E-state index in [1.165, 1.54) is 28.8 Å². The van der Waals surface area contributed by atoms with Crippen molar-refractivity contribution in [3.05, 3.63) is 71.5 Å². The molecule has 2 aromatic heterocycles. The lowest BCUT2D eigenvalue weighted by Gasteiger charge is -2.37. The fourth-order valence-electron chi connectivity index (χ4n) is 10.2. The van der Waals surface area contributed by atoms with Crippen LogP contribution in [0.3, 0.4) is 0 Å². The Kier molecular flexibility index (Phi) is 16.8. The predicted octanol–water partition coefficient (Wildman–Crippen LogP) is 5.03. The van der Waals surface area contributed by atoms with Crippen LogP contribution in [-0.4, -0.2) is 155 Å². The van der Waals surface area contributed by atoms with Gasteiger partial charge in [-0.2, -0.15) is 0 Å². The average molecular weight is 993 g/mol. The molecule has 0 radical (unpaired) electrons. The standard InChI is InChI=1S/C54H72N8O10/c1-11-61-44-18-17-36-27-40(44)41(49(61)39-15-12-19-55-47(39)33(4)70-10)28-54(6,7)31-72-53(69)42-16-13-21-62(57-42)51(67)43(25-35-23-37(36)26-38(64)24-35)56-50(66)48(32(2)3)59(9)46(65)30-58(8)52(68)45-29-60(45)20-14-22-71-34(5)63/h12,15,17-19,23-24,26-27,32-33,42-43,45,48,57,64H,11,13-14,16,20-22,25,28-31H2,1-10H3,(H,56,66)/t33-,42-,43-,45+,48-,60?/m0/s1. The van der Waals surface area contributed by atoms with Gasteiger partial charge in [-0.25, -0.2) is 5.43 Å². The number of pyridine rings is 1. The number of methoxy groups -OCH3 is 1. The number of aryl methyl sites for hydroxylation is 1. The molecule has 7 rings (SSSR count). The van der Waals surface area contributed by atoms with Crippen molar-refractivity contribution < 1.29 is 48.1 Å². The summed E-state index contributed by atoms with van der Waals surface area (Å²) in [6.07, 6.45) is 3.43. The number of nitrogens with one attached hydrogen (secondary N) is 2. The van der Waals surface area contributed by atoms with Crippen molar-refractivity contribution in [3.8, 4) is 28.1 Å². The number of phenols is 1. The number of cyclic esters (lactones) is 1. The second-order valence-electron chi connectivity index (χ2n) is 20.6. The highest BCUT2D eigenvalue weighted by molar-refractivity contribution is 5.96. The largest absolute Gasteiger partial charge is 0.508 e. The monoisotopic (exact) mass is 993 g/mol. The molecule has 2 aromatic carbocycles. The maximum Gasteiger partial charge on any atom is 0.324 e. The Labute approximate surface area is 422 Å². The van der Waals surface area contributed by atoms with Gasteiger partial charge in [-0.3, -0.25) is 43.7 Å². The molecule has 2 saturated heterocycles. The maximum absolute atomic E-state index is 14.8. The minimum Gasteiger partial charge on any atom is -0.508 e. The zero-order chi connectivity index (χ0) is 52.2. The van der Waals surface area contributed by atoms with E-state index in [-0.39, 0.29) is 62.5 Å². The number of amides is 4. The van der Waals surface area contributed by atoms with E-state index in [0.717, 1.165) is 39.0 Å². The Bertz CT molecular complexity index is 2680. The number of hydrogen-bond donors (Lipinski definition) is 3. The highest BCUT2D eigenvalue weighted by Crippen LogP contribution is 2.42. The van der Waals surface area contributed by atoms with Crippen LogP contribution in [-0.2, 0) is 62.4 Å². The van der Waals surface area contributed by atoms with E-state index in [1.54, 1.807) is 46.3 Å². The Hall–Kier alpha value is -6.37. The number of fused-ring (bicyclic) bond motifs is 6. The molecule has 2 fully saturated rings. The van der Waals surface area contributed by atoms with Crippen LogP contribution in [0.2, 0.25) is 0 Å². The van der Waals surface area contributed by atoms with E-state index in [2.05, 4.69) is 54.3 Å². The van der Waals surface area contributed by atoms with Crippen LogP contribution >= 0.6 is 0 Å². The molecule has 18 nitrogen and oxygen atoms in total. The summed E-state index contributed by atoms with van der Waals surface area (Å²) >= 11 is 0. The molecule has 3 N–H and O–H groups in total. The van der Waals surface area contributed by atoms with Gasteiger partial charge in [0.05, 0.1) is 37.3 Å². The van der Waals surface area contributed by atoms with Gasteiger partial charge in [-0.15, -0.1) is 0 Å². The lowest BCUT2D eigenvalue weighted by atomic mass is 9.84. The van der Waals surface area contributed by atoms with Crippen LogP contribution in [0.1, 0.15) is 90.7 Å². The summed E-state index contributed by atoms with van der Waals surface area (Å²) in [5.41, 5.74) is 9.38. The first-order valence-corrected chi connectivity index (χ1v) is 25.1. The third kappa shape index (κ3) is 12.1. The normalized spacial score (nSPS) is 20.8. The highest BCUT2D eigenvalue weighted by atomic mass is 16.5. The molecule has 3 aliphatic heterocycles. The van der Waals surface area contributed by atoms with Gasteiger partial charge in [0.2, 0.25) is 17.7 Å². The fraction of sp³-hybridized carbons (Fsp3) is 0.537. The number of rotatable bonds is 15. The Balaban J connectivity index is 1.22. The molecule has 3 aliphatic rings. The van der Waals surface area contributed by atoms with Crippen LogP contribution in [0.4, 0.5) is 0 Å². The number of likely N-dealkylation sites (N-methyl/N-ethyl adjacent to an activating group) is 2. The van der Waals surface area contributed by atoms with Crippen molar-refractivity contribution in [2.45, 2.75) is 117 Å².